The molecule has 45 heavy (non-hydrogen) atoms. The lowest BCUT2D eigenvalue weighted by Gasteiger charge is -2.18. The molecule has 0 aromatic carbocycles. The van der Waals surface area contributed by atoms with Gasteiger partial charge in [-0.2, -0.15) is 0 Å². The predicted molar refractivity (Wildman–Crippen MR) is 190 cm³/mol. The summed E-state index contributed by atoms with van der Waals surface area (Å²) in [6, 6.07) is 0. The zero-order valence-corrected chi connectivity index (χ0v) is 29.7. The lowest BCUT2D eigenvalue weighted by Crippen LogP contribution is -2.28. The van der Waals surface area contributed by atoms with Crippen molar-refractivity contribution < 1.29 is 24.2 Å². The lowest BCUT2D eigenvalue weighted by atomic mass is 10.0. The minimum Gasteiger partial charge on any atom is -0.480 e. The molecule has 0 aromatic rings. The van der Waals surface area contributed by atoms with Gasteiger partial charge in [0.15, 0.2) is 0 Å². The van der Waals surface area contributed by atoms with E-state index in [4.69, 9.17) is 9.84 Å². The Hall–Kier alpha value is -1.85. The van der Waals surface area contributed by atoms with Gasteiger partial charge in [-0.3, -0.25) is 14.4 Å². The highest BCUT2D eigenvalue weighted by Crippen LogP contribution is 2.18. The highest BCUT2D eigenvalue weighted by molar-refractivity contribution is 5.80. The number of carboxylic acid groups (broad SMARTS) is 1. The van der Waals surface area contributed by atoms with Gasteiger partial charge in [0.05, 0.1) is 0 Å². The molecule has 0 fully saturated rings. The number of ether oxygens (including phenoxy) is 1. The monoisotopic (exact) mass is 636 g/mol. The van der Waals surface area contributed by atoms with Crippen molar-refractivity contribution in [2.75, 3.05) is 6.54 Å². The minimum absolute atomic E-state index is 0.00332. The molecule has 264 valence electrons. The third-order valence-corrected chi connectivity index (χ3v) is 8.69. The third-order valence-electron chi connectivity index (χ3n) is 8.69. The molecule has 0 radical (unpaired) electrons. The van der Waals surface area contributed by atoms with E-state index in [0.29, 0.717) is 12.8 Å². The summed E-state index contributed by atoms with van der Waals surface area (Å²) in [6.45, 7) is 4.21. The second-order valence-corrected chi connectivity index (χ2v) is 13.2. The number of allylic oxidation sites excluding steroid dienone is 2. The quantitative estimate of drug-likeness (QED) is 0.0410. The first-order valence-electron chi connectivity index (χ1n) is 19.3. The summed E-state index contributed by atoms with van der Waals surface area (Å²) in [7, 11) is 0. The average Bonchev–Trinajstić information content (AvgIpc) is 3.02. The Bertz CT molecular complexity index is 708. The zero-order valence-electron chi connectivity index (χ0n) is 29.7. The van der Waals surface area contributed by atoms with Crippen molar-refractivity contribution in [3.63, 3.8) is 0 Å². The highest BCUT2D eigenvalue weighted by Gasteiger charge is 2.14. The van der Waals surface area contributed by atoms with E-state index in [-0.39, 0.29) is 24.5 Å². The SMILES string of the molecule is CCCCCCCC/C=C\CCCC(CCCCCCCC(=O)NCC(=O)O)OC(=O)CCCCCCCCCCCCCC. The maximum absolute atomic E-state index is 12.7. The summed E-state index contributed by atoms with van der Waals surface area (Å²) in [5, 5.41) is 11.1. The van der Waals surface area contributed by atoms with Gasteiger partial charge < -0.3 is 15.2 Å². The second-order valence-electron chi connectivity index (χ2n) is 13.2. The van der Waals surface area contributed by atoms with Crippen molar-refractivity contribution in [3.05, 3.63) is 12.2 Å². The zero-order chi connectivity index (χ0) is 33.1. The number of esters is 1. The van der Waals surface area contributed by atoms with E-state index in [1.807, 2.05) is 0 Å². The van der Waals surface area contributed by atoms with E-state index in [2.05, 4.69) is 31.3 Å². The highest BCUT2D eigenvalue weighted by atomic mass is 16.5. The summed E-state index contributed by atoms with van der Waals surface area (Å²) in [4.78, 5) is 34.9. The van der Waals surface area contributed by atoms with Crippen LogP contribution in [0.25, 0.3) is 0 Å². The second kappa shape index (κ2) is 35.0. The van der Waals surface area contributed by atoms with Gasteiger partial charge in [0, 0.05) is 12.8 Å². The van der Waals surface area contributed by atoms with Crippen LogP contribution in [-0.2, 0) is 19.1 Å². The smallest absolute Gasteiger partial charge is 0.322 e. The number of aliphatic carboxylic acids is 1. The first-order valence-corrected chi connectivity index (χ1v) is 19.3. The first kappa shape index (κ1) is 43.1. The van der Waals surface area contributed by atoms with E-state index in [1.54, 1.807) is 0 Å². The molecular weight excluding hydrogens is 562 g/mol. The summed E-state index contributed by atoms with van der Waals surface area (Å²) < 4.78 is 5.98. The Morgan fingerprint density at radius 3 is 1.51 bits per heavy atom. The number of carboxylic acids is 1. The molecule has 0 heterocycles. The van der Waals surface area contributed by atoms with Gasteiger partial charge in [0.1, 0.15) is 12.6 Å². The van der Waals surface area contributed by atoms with Crippen LogP contribution in [0.3, 0.4) is 0 Å². The molecule has 2 N–H and O–H groups in total. The first-order chi connectivity index (χ1) is 22.0. The number of unbranched alkanes of at least 4 members (excludes halogenated alkanes) is 22. The summed E-state index contributed by atoms with van der Waals surface area (Å²) in [6.07, 6.45) is 39.0. The van der Waals surface area contributed by atoms with Crippen molar-refractivity contribution >= 4 is 17.8 Å². The topological polar surface area (TPSA) is 92.7 Å². The number of hydrogen-bond acceptors (Lipinski definition) is 4. The van der Waals surface area contributed by atoms with Gasteiger partial charge in [-0.05, 0) is 57.8 Å². The summed E-state index contributed by atoms with van der Waals surface area (Å²) in [5.74, 6) is -1.24. The van der Waals surface area contributed by atoms with E-state index in [1.165, 1.54) is 109 Å². The maximum atomic E-state index is 12.7. The van der Waals surface area contributed by atoms with Crippen molar-refractivity contribution in [1.82, 2.24) is 5.32 Å². The van der Waals surface area contributed by atoms with Crippen LogP contribution in [0.2, 0.25) is 0 Å². The summed E-state index contributed by atoms with van der Waals surface area (Å²) in [5.41, 5.74) is 0. The molecule has 6 nitrogen and oxygen atoms in total. The normalized spacial score (nSPS) is 12.0. The molecule has 0 saturated heterocycles. The number of nitrogens with one attached hydrogen (secondary N) is 1. The van der Waals surface area contributed by atoms with Crippen LogP contribution in [0.15, 0.2) is 12.2 Å². The molecule has 0 bridgehead atoms. The van der Waals surface area contributed by atoms with Gasteiger partial charge >= 0.3 is 11.9 Å². The van der Waals surface area contributed by atoms with Crippen molar-refractivity contribution in [2.45, 2.75) is 213 Å². The van der Waals surface area contributed by atoms with Crippen LogP contribution in [0.1, 0.15) is 206 Å². The van der Waals surface area contributed by atoms with E-state index >= 15 is 0 Å². The molecule has 0 spiro atoms. The van der Waals surface area contributed by atoms with E-state index in [9.17, 15) is 14.4 Å². The molecule has 0 rings (SSSR count). The number of carbonyl (C=O) groups excluding carboxylic acids is 2. The van der Waals surface area contributed by atoms with Crippen molar-refractivity contribution in [3.8, 4) is 0 Å². The Morgan fingerprint density at radius 2 is 0.978 bits per heavy atom. The Kier molecular flexibility index (Phi) is 33.6. The molecule has 0 aliphatic heterocycles. The van der Waals surface area contributed by atoms with Crippen molar-refractivity contribution in [1.29, 1.82) is 0 Å². The van der Waals surface area contributed by atoms with E-state index < -0.39 is 5.97 Å². The van der Waals surface area contributed by atoms with Crippen LogP contribution in [0.5, 0.6) is 0 Å². The fourth-order valence-electron chi connectivity index (χ4n) is 5.81. The molecule has 0 aliphatic carbocycles. The standard InChI is InChI=1S/C39H73NO5/c1-3-5-7-9-11-13-15-17-19-21-26-30-34-39(44)45-36(31-27-23-20-18-16-14-12-10-8-6-4-2)32-28-24-22-25-29-33-37(41)40-35-38(42)43/h18,20,36H,3-17,19,21-35H2,1-2H3,(H,40,41)(H,42,43)/b20-18-. The average molecular weight is 636 g/mol. The van der Waals surface area contributed by atoms with Crippen LogP contribution >= 0.6 is 0 Å². The van der Waals surface area contributed by atoms with Gasteiger partial charge in [0.2, 0.25) is 5.91 Å². The van der Waals surface area contributed by atoms with Crippen LogP contribution in [0, 0.1) is 0 Å². The van der Waals surface area contributed by atoms with Crippen molar-refractivity contribution in [2.24, 2.45) is 0 Å². The fraction of sp³-hybridized carbons (Fsp3) is 0.872. The van der Waals surface area contributed by atoms with E-state index in [0.717, 1.165) is 70.6 Å². The number of amides is 1. The fourth-order valence-corrected chi connectivity index (χ4v) is 5.81. The van der Waals surface area contributed by atoms with Crippen LogP contribution < -0.4 is 5.32 Å². The molecule has 1 atom stereocenters. The number of hydrogen-bond donors (Lipinski definition) is 2. The molecule has 0 aromatic heterocycles. The van der Waals surface area contributed by atoms with Gasteiger partial charge in [0.25, 0.3) is 0 Å². The lowest BCUT2D eigenvalue weighted by molar-refractivity contribution is -0.150. The van der Waals surface area contributed by atoms with Gasteiger partial charge in [-0.15, -0.1) is 0 Å². The van der Waals surface area contributed by atoms with Gasteiger partial charge in [-0.25, -0.2) is 0 Å². The molecule has 0 aliphatic rings. The van der Waals surface area contributed by atoms with Crippen LogP contribution in [-0.4, -0.2) is 35.6 Å². The third kappa shape index (κ3) is 34.9. The molecule has 0 saturated carbocycles. The molecular formula is C39H73NO5. The Labute approximate surface area is 278 Å². The van der Waals surface area contributed by atoms with Crippen LogP contribution in [0.4, 0.5) is 0 Å². The maximum Gasteiger partial charge on any atom is 0.322 e. The Morgan fingerprint density at radius 1 is 0.556 bits per heavy atom. The predicted octanol–water partition coefficient (Wildman–Crippen LogP) is 11.4. The largest absolute Gasteiger partial charge is 0.480 e. The van der Waals surface area contributed by atoms with Gasteiger partial charge in [-0.1, -0.05) is 148 Å². The number of rotatable bonds is 35. The number of carbonyl (C=O) groups is 3. The summed E-state index contributed by atoms with van der Waals surface area (Å²) >= 11 is 0. The Balaban J connectivity index is 4.19. The molecule has 6 heteroatoms. The molecule has 1 unspecified atom stereocenters. The molecule has 1 amide bonds. The minimum atomic E-state index is -1.02.